The van der Waals surface area contributed by atoms with E-state index in [1.165, 1.54) is 7.11 Å². The van der Waals surface area contributed by atoms with E-state index >= 15 is 0 Å². The average Bonchev–Trinajstić information content (AvgIpc) is 2.77. The molecule has 6 nitrogen and oxygen atoms in total. The molecule has 1 heterocycles. The number of methoxy groups -OCH3 is 1. The minimum Gasteiger partial charge on any atom is -0.465 e. The van der Waals surface area contributed by atoms with E-state index in [4.69, 9.17) is 4.74 Å². The van der Waals surface area contributed by atoms with Crippen LogP contribution < -0.4 is 4.90 Å². The van der Waals surface area contributed by atoms with Gasteiger partial charge in [-0.1, -0.05) is 36.4 Å². The van der Waals surface area contributed by atoms with Crippen LogP contribution in [-0.2, 0) is 16.0 Å². The maximum Gasteiger partial charge on any atom is 0.415 e. The number of aromatic nitrogens is 1. The molecule has 0 saturated heterocycles. The van der Waals surface area contributed by atoms with E-state index in [2.05, 4.69) is 9.72 Å². The lowest BCUT2D eigenvalue weighted by Gasteiger charge is -2.27. The Bertz CT molecular complexity index is 999. The van der Waals surface area contributed by atoms with Gasteiger partial charge in [0, 0.05) is 11.9 Å². The maximum atomic E-state index is 12.6. The molecule has 3 rings (SSSR count). The summed E-state index contributed by atoms with van der Waals surface area (Å²) in [5.74, 6) is -0.291. The summed E-state index contributed by atoms with van der Waals surface area (Å²) < 4.78 is 10.0. The number of ether oxygens (including phenoxy) is 2. The van der Waals surface area contributed by atoms with Gasteiger partial charge in [0.15, 0.2) is 0 Å². The third-order valence-electron chi connectivity index (χ3n) is 4.17. The third kappa shape index (κ3) is 8.22. The zero-order valence-electron chi connectivity index (χ0n) is 19.2. The molecule has 1 amide bonds. The molecular formula is C26H30N2O4. The topological polar surface area (TPSA) is 68.7 Å². The van der Waals surface area contributed by atoms with Crippen LogP contribution in [0.4, 0.5) is 10.5 Å². The Hall–Kier alpha value is -3.67. The molecule has 3 aromatic rings. The summed E-state index contributed by atoms with van der Waals surface area (Å²) in [5.41, 5.74) is 2.76. The van der Waals surface area contributed by atoms with Crippen molar-refractivity contribution in [2.24, 2.45) is 0 Å². The van der Waals surface area contributed by atoms with Gasteiger partial charge in [-0.3, -0.25) is 9.88 Å². The summed E-state index contributed by atoms with van der Waals surface area (Å²) in [6, 6.07) is 22.3. The van der Waals surface area contributed by atoms with E-state index in [1.807, 2.05) is 76.2 Å². The molecule has 0 aliphatic carbocycles. The first kappa shape index (κ1) is 24.6. The van der Waals surface area contributed by atoms with Crippen molar-refractivity contribution in [1.82, 2.24) is 4.98 Å². The summed E-state index contributed by atoms with van der Waals surface area (Å²) in [6.07, 6.45) is 1.35. The molecule has 0 spiro atoms. The monoisotopic (exact) mass is 434 g/mol. The highest BCUT2D eigenvalue weighted by Gasteiger charge is 2.24. The van der Waals surface area contributed by atoms with Crippen molar-refractivity contribution < 1.29 is 19.1 Å². The molecular weight excluding hydrogens is 404 g/mol. The molecule has 0 radical (unpaired) electrons. The van der Waals surface area contributed by atoms with Crippen LogP contribution in [0.25, 0.3) is 0 Å². The molecule has 0 N–H and O–H groups in total. The zero-order valence-corrected chi connectivity index (χ0v) is 19.2. The fourth-order valence-electron chi connectivity index (χ4n) is 2.72. The molecule has 0 atom stereocenters. The lowest BCUT2D eigenvalue weighted by molar-refractivity contribution is 0.0573. The van der Waals surface area contributed by atoms with Crippen LogP contribution in [0.2, 0.25) is 0 Å². The first-order valence-corrected chi connectivity index (χ1v) is 10.3. The van der Waals surface area contributed by atoms with Gasteiger partial charge in [0.1, 0.15) is 5.60 Å². The SMILES string of the molecule is COC(=O)c1ccccc1.Cc1cccc(N(Cc2ccccn2)C(=O)OC(C)(C)C)c1. The Labute approximate surface area is 189 Å². The van der Waals surface area contributed by atoms with Gasteiger partial charge in [0.05, 0.1) is 24.9 Å². The van der Waals surface area contributed by atoms with Gasteiger partial charge >= 0.3 is 12.1 Å². The summed E-state index contributed by atoms with van der Waals surface area (Å²) in [5, 5.41) is 0. The molecule has 0 unspecified atom stereocenters. The van der Waals surface area contributed by atoms with Crippen molar-refractivity contribution in [3.8, 4) is 0 Å². The molecule has 168 valence electrons. The van der Waals surface area contributed by atoms with Gasteiger partial charge in [-0.2, -0.15) is 0 Å². The second-order valence-corrected chi connectivity index (χ2v) is 8.08. The molecule has 2 aromatic carbocycles. The zero-order chi connectivity index (χ0) is 23.6. The highest BCUT2D eigenvalue weighted by Crippen LogP contribution is 2.21. The van der Waals surface area contributed by atoms with Crippen LogP contribution in [0.3, 0.4) is 0 Å². The number of amides is 1. The highest BCUT2D eigenvalue weighted by molar-refractivity contribution is 5.89. The van der Waals surface area contributed by atoms with Gasteiger partial charge < -0.3 is 9.47 Å². The van der Waals surface area contributed by atoms with Gasteiger partial charge in [0.25, 0.3) is 0 Å². The number of pyridine rings is 1. The number of hydrogen-bond acceptors (Lipinski definition) is 5. The lowest BCUT2D eigenvalue weighted by Crippen LogP contribution is -2.36. The second-order valence-electron chi connectivity index (χ2n) is 8.08. The second kappa shape index (κ2) is 11.6. The Morgan fingerprint density at radius 2 is 1.62 bits per heavy atom. The van der Waals surface area contributed by atoms with E-state index in [9.17, 15) is 9.59 Å². The summed E-state index contributed by atoms with van der Waals surface area (Å²) in [7, 11) is 1.37. The van der Waals surface area contributed by atoms with E-state index in [-0.39, 0.29) is 12.1 Å². The molecule has 0 aliphatic heterocycles. The molecule has 0 aliphatic rings. The highest BCUT2D eigenvalue weighted by atomic mass is 16.6. The fourth-order valence-corrected chi connectivity index (χ4v) is 2.72. The molecule has 0 bridgehead atoms. The molecule has 6 heteroatoms. The molecule has 1 aromatic heterocycles. The number of aryl methyl sites for hydroxylation is 1. The number of rotatable bonds is 4. The van der Waals surface area contributed by atoms with Gasteiger partial charge in [-0.15, -0.1) is 0 Å². The fraction of sp³-hybridized carbons (Fsp3) is 0.269. The smallest absolute Gasteiger partial charge is 0.415 e. The first-order valence-electron chi connectivity index (χ1n) is 10.3. The Balaban J connectivity index is 0.000000303. The molecule has 32 heavy (non-hydrogen) atoms. The average molecular weight is 435 g/mol. The van der Waals surface area contributed by atoms with E-state index in [1.54, 1.807) is 35.4 Å². The lowest BCUT2D eigenvalue weighted by atomic mass is 10.2. The van der Waals surface area contributed by atoms with Gasteiger partial charge in [-0.05, 0) is 69.7 Å². The van der Waals surface area contributed by atoms with Crippen LogP contribution in [0.15, 0.2) is 79.0 Å². The number of esters is 1. The summed E-state index contributed by atoms with van der Waals surface area (Å²) >= 11 is 0. The van der Waals surface area contributed by atoms with Crippen molar-refractivity contribution in [2.75, 3.05) is 12.0 Å². The quantitative estimate of drug-likeness (QED) is 0.485. The van der Waals surface area contributed by atoms with Crippen molar-refractivity contribution in [1.29, 1.82) is 0 Å². The molecule has 0 fully saturated rings. The maximum absolute atomic E-state index is 12.6. The largest absolute Gasteiger partial charge is 0.465 e. The number of carbonyl (C=O) groups is 2. The number of anilines is 1. The summed E-state index contributed by atoms with van der Waals surface area (Å²) in [4.78, 5) is 29.2. The van der Waals surface area contributed by atoms with Crippen molar-refractivity contribution in [3.05, 3.63) is 95.8 Å². The van der Waals surface area contributed by atoms with Gasteiger partial charge in [-0.25, -0.2) is 9.59 Å². The third-order valence-corrected chi connectivity index (χ3v) is 4.17. The number of carbonyl (C=O) groups excluding carboxylic acids is 2. The standard InChI is InChI=1S/C18H22N2O2.C8H8O2/c1-14-8-7-10-16(12-14)20(17(21)22-18(2,3)4)13-15-9-5-6-11-19-15;1-10-8(9)7-5-3-2-4-6-7/h5-12H,13H2,1-4H3;2-6H,1H3. The Morgan fingerprint density at radius 3 is 2.19 bits per heavy atom. The van der Waals surface area contributed by atoms with E-state index in [0.717, 1.165) is 16.9 Å². The number of hydrogen-bond donors (Lipinski definition) is 0. The summed E-state index contributed by atoms with van der Waals surface area (Å²) in [6.45, 7) is 7.96. The van der Waals surface area contributed by atoms with E-state index in [0.29, 0.717) is 12.1 Å². The van der Waals surface area contributed by atoms with Crippen LogP contribution in [-0.4, -0.2) is 29.8 Å². The number of nitrogens with zero attached hydrogens (tertiary/aromatic N) is 2. The van der Waals surface area contributed by atoms with Crippen LogP contribution >= 0.6 is 0 Å². The van der Waals surface area contributed by atoms with Crippen molar-refractivity contribution in [3.63, 3.8) is 0 Å². The minimum atomic E-state index is -0.538. The number of benzene rings is 2. The van der Waals surface area contributed by atoms with Crippen LogP contribution in [0.5, 0.6) is 0 Å². The first-order chi connectivity index (χ1) is 15.2. The molecule has 0 saturated carbocycles. The minimum absolute atomic E-state index is 0.291. The van der Waals surface area contributed by atoms with E-state index < -0.39 is 5.60 Å². The van der Waals surface area contributed by atoms with Gasteiger partial charge in [0.2, 0.25) is 0 Å². The van der Waals surface area contributed by atoms with Crippen LogP contribution in [0, 0.1) is 6.92 Å². The predicted octanol–water partition coefficient (Wildman–Crippen LogP) is 5.80. The predicted molar refractivity (Wildman–Crippen MR) is 126 cm³/mol. The Morgan fingerprint density at radius 1 is 0.938 bits per heavy atom. The van der Waals surface area contributed by atoms with Crippen molar-refractivity contribution in [2.45, 2.75) is 39.8 Å². The van der Waals surface area contributed by atoms with Crippen LogP contribution in [0.1, 0.15) is 42.4 Å². The Kier molecular flexibility index (Phi) is 8.95. The normalized spacial score (nSPS) is 10.4. The van der Waals surface area contributed by atoms with Crippen molar-refractivity contribution >= 4 is 17.7 Å².